The molecule has 4 rings (SSSR count). The maximum Gasteiger partial charge on any atom is 0.251 e. The molecule has 26 heavy (non-hydrogen) atoms. The van der Waals surface area contributed by atoms with Gasteiger partial charge in [-0.1, -0.05) is 24.3 Å². The summed E-state index contributed by atoms with van der Waals surface area (Å²) >= 11 is 0. The third-order valence-electron chi connectivity index (χ3n) is 5.13. The van der Waals surface area contributed by atoms with Crippen molar-refractivity contribution in [3.05, 3.63) is 75.0 Å². The fourth-order valence-electron chi connectivity index (χ4n) is 3.42. The molecule has 2 heterocycles. The number of aryl methyl sites for hydroxylation is 1. The molecule has 1 aliphatic carbocycles. The van der Waals surface area contributed by atoms with Crippen molar-refractivity contribution in [3.63, 3.8) is 0 Å². The number of carbonyl (C=O) groups is 1. The Labute approximate surface area is 151 Å². The van der Waals surface area contributed by atoms with Crippen molar-refractivity contribution in [2.45, 2.75) is 44.6 Å². The number of rotatable bonds is 4. The topological polar surface area (TPSA) is 62.0 Å². The van der Waals surface area contributed by atoms with Crippen molar-refractivity contribution in [1.29, 1.82) is 0 Å². The molecular formula is C21H21FN2O2. The highest BCUT2D eigenvalue weighted by molar-refractivity contribution is 5.82. The van der Waals surface area contributed by atoms with Gasteiger partial charge in [0.15, 0.2) is 0 Å². The van der Waals surface area contributed by atoms with E-state index in [1.807, 2.05) is 24.3 Å². The SMILES string of the molecule is Cc1ccc(/C(=C\[C@H]2CCC(=O)N2)c2ccc(C3CC3)c(=O)[nH]2)cc1F. The van der Waals surface area contributed by atoms with Crippen LogP contribution in [-0.2, 0) is 4.79 Å². The molecule has 5 heteroatoms. The Bertz CT molecular complexity index is 957. The third-order valence-corrected chi connectivity index (χ3v) is 5.13. The number of hydrogen-bond acceptors (Lipinski definition) is 2. The number of carbonyl (C=O) groups excluding carboxylic acids is 1. The van der Waals surface area contributed by atoms with Gasteiger partial charge in [0.25, 0.3) is 5.56 Å². The van der Waals surface area contributed by atoms with Crippen LogP contribution in [0.4, 0.5) is 4.39 Å². The molecule has 1 aliphatic heterocycles. The molecule has 2 N–H and O–H groups in total. The average molecular weight is 352 g/mol. The van der Waals surface area contributed by atoms with E-state index < -0.39 is 0 Å². The molecule has 0 spiro atoms. The molecule has 0 radical (unpaired) electrons. The van der Waals surface area contributed by atoms with Crippen LogP contribution < -0.4 is 10.9 Å². The minimum Gasteiger partial charge on any atom is -0.350 e. The summed E-state index contributed by atoms with van der Waals surface area (Å²) < 4.78 is 14.1. The molecule has 0 unspecified atom stereocenters. The highest BCUT2D eigenvalue weighted by atomic mass is 19.1. The van der Waals surface area contributed by atoms with Gasteiger partial charge in [-0.05, 0) is 55.4 Å². The molecule has 2 aliphatic rings. The molecule has 1 atom stereocenters. The smallest absolute Gasteiger partial charge is 0.251 e. The van der Waals surface area contributed by atoms with E-state index in [0.29, 0.717) is 35.6 Å². The standard InChI is InChI=1S/C21H21FN2O2/c1-12-2-3-14(10-18(12)22)17(11-15-6-9-20(25)23-15)19-8-7-16(13-4-5-13)21(26)24-19/h2-3,7-8,10-11,13,15H,4-6,9H2,1H3,(H,23,25)(H,24,26)/b17-11+/t15-/m1/s1. The largest absolute Gasteiger partial charge is 0.350 e. The lowest BCUT2D eigenvalue weighted by molar-refractivity contribution is -0.119. The fourth-order valence-corrected chi connectivity index (χ4v) is 3.42. The first kappa shape index (κ1) is 16.8. The molecular weight excluding hydrogens is 331 g/mol. The maximum absolute atomic E-state index is 14.1. The summed E-state index contributed by atoms with van der Waals surface area (Å²) in [5.74, 6) is 0.0882. The zero-order valence-corrected chi connectivity index (χ0v) is 14.6. The predicted molar refractivity (Wildman–Crippen MR) is 98.4 cm³/mol. The van der Waals surface area contributed by atoms with Gasteiger partial charge in [0, 0.05) is 29.3 Å². The highest BCUT2D eigenvalue weighted by Gasteiger charge is 2.26. The minimum atomic E-state index is -0.291. The lowest BCUT2D eigenvalue weighted by Gasteiger charge is -2.13. The van der Waals surface area contributed by atoms with Crippen molar-refractivity contribution >= 4 is 11.5 Å². The van der Waals surface area contributed by atoms with Gasteiger partial charge in [-0.15, -0.1) is 0 Å². The molecule has 1 saturated heterocycles. The van der Waals surface area contributed by atoms with Crippen molar-refractivity contribution < 1.29 is 9.18 Å². The van der Waals surface area contributed by atoms with E-state index in [2.05, 4.69) is 10.3 Å². The van der Waals surface area contributed by atoms with Crippen LogP contribution in [0.2, 0.25) is 0 Å². The number of pyridine rings is 1. The van der Waals surface area contributed by atoms with E-state index in [4.69, 9.17) is 0 Å². The maximum atomic E-state index is 14.1. The molecule has 1 amide bonds. The zero-order valence-electron chi connectivity index (χ0n) is 14.6. The zero-order chi connectivity index (χ0) is 18.3. The first-order valence-corrected chi connectivity index (χ1v) is 9.02. The predicted octanol–water partition coefficient (Wildman–Crippen LogP) is 3.41. The van der Waals surface area contributed by atoms with Gasteiger partial charge in [0.1, 0.15) is 5.82 Å². The summed E-state index contributed by atoms with van der Waals surface area (Å²) in [5, 5.41) is 2.90. The van der Waals surface area contributed by atoms with Crippen LogP contribution in [0.3, 0.4) is 0 Å². The van der Waals surface area contributed by atoms with E-state index >= 15 is 0 Å². The molecule has 1 aromatic carbocycles. The van der Waals surface area contributed by atoms with Gasteiger partial charge in [0.05, 0.1) is 0 Å². The van der Waals surface area contributed by atoms with Crippen LogP contribution in [0.25, 0.3) is 5.57 Å². The van der Waals surface area contributed by atoms with Crippen LogP contribution in [0, 0.1) is 12.7 Å². The van der Waals surface area contributed by atoms with Gasteiger partial charge < -0.3 is 10.3 Å². The van der Waals surface area contributed by atoms with E-state index in [9.17, 15) is 14.0 Å². The van der Waals surface area contributed by atoms with Crippen molar-refractivity contribution in [2.75, 3.05) is 0 Å². The number of halogens is 1. The van der Waals surface area contributed by atoms with Crippen LogP contribution in [0.5, 0.6) is 0 Å². The molecule has 0 bridgehead atoms. The molecule has 134 valence electrons. The average Bonchev–Trinajstić information content (AvgIpc) is 3.37. The van der Waals surface area contributed by atoms with Crippen LogP contribution in [0.15, 0.2) is 41.2 Å². The van der Waals surface area contributed by atoms with Gasteiger partial charge in [-0.25, -0.2) is 4.39 Å². The summed E-state index contributed by atoms with van der Waals surface area (Å²) in [6, 6.07) is 8.68. The molecule has 1 saturated carbocycles. The first-order chi connectivity index (χ1) is 12.5. The fraction of sp³-hybridized carbons (Fsp3) is 0.333. The summed E-state index contributed by atoms with van der Waals surface area (Å²) in [6.45, 7) is 1.71. The van der Waals surface area contributed by atoms with E-state index in [1.54, 1.807) is 13.0 Å². The third kappa shape index (κ3) is 3.34. The number of aromatic amines is 1. The Morgan fingerprint density at radius 3 is 2.58 bits per heavy atom. The van der Waals surface area contributed by atoms with Gasteiger partial charge in [-0.3, -0.25) is 9.59 Å². The van der Waals surface area contributed by atoms with E-state index in [0.717, 1.165) is 24.0 Å². The molecule has 2 aromatic rings. The van der Waals surface area contributed by atoms with E-state index in [-0.39, 0.29) is 23.3 Å². The molecule has 2 fully saturated rings. The Balaban J connectivity index is 1.78. The summed E-state index contributed by atoms with van der Waals surface area (Å²) in [6.07, 6.45) is 5.21. The van der Waals surface area contributed by atoms with Gasteiger partial charge >= 0.3 is 0 Å². The molecule has 4 nitrogen and oxygen atoms in total. The van der Waals surface area contributed by atoms with Crippen molar-refractivity contribution in [1.82, 2.24) is 10.3 Å². The van der Waals surface area contributed by atoms with Crippen molar-refractivity contribution in [2.24, 2.45) is 0 Å². The van der Waals surface area contributed by atoms with Crippen LogP contribution in [0.1, 0.15) is 54.0 Å². The van der Waals surface area contributed by atoms with Gasteiger partial charge in [-0.2, -0.15) is 0 Å². The number of hydrogen-bond donors (Lipinski definition) is 2. The second-order valence-corrected chi connectivity index (χ2v) is 7.19. The number of H-pyrrole nitrogens is 1. The van der Waals surface area contributed by atoms with Crippen LogP contribution >= 0.6 is 0 Å². The number of benzene rings is 1. The summed E-state index contributed by atoms with van der Waals surface area (Å²) in [5.41, 5.74) is 3.36. The lowest BCUT2D eigenvalue weighted by atomic mass is 9.97. The Morgan fingerprint density at radius 1 is 1.15 bits per heavy atom. The van der Waals surface area contributed by atoms with Crippen molar-refractivity contribution in [3.8, 4) is 0 Å². The first-order valence-electron chi connectivity index (χ1n) is 9.02. The normalized spacial score (nSPS) is 20.3. The lowest BCUT2D eigenvalue weighted by Crippen LogP contribution is -2.23. The second-order valence-electron chi connectivity index (χ2n) is 7.19. The Kier molecular flexibility index (Phi) is 4.23. The quantitative estimate of drug-likeness (QED) is 0.886. The molecule has 1 aromatic heterocycles. The highest BCUT2D eigenvalue weighted by Crippen LogP contribution is 2.38. The van der Waals surface area contributed by atoms with Crippen LogP contribution in [-0.4, -0.2) is 16.9 Å². The number of amides is 1. The minimum absolute atomic E-state index is 0.0123. The summed E-state index contributed by atoms with van der Waals surface area (Å²) in [7, 11) is 0. The Hall–Kier alpha value is -2.69. The van der Waals surface area contributed by atoms with E-state index in [1.165, 1.54) is 6.07 Å². The second kappa shape index (κ2) is 6.56. The number of nitrogens with one attached hydrogen (secondary N) is 2. The van der Waals surface area contributed by atoms with Gasteiger partial charge in [0.2, 0.25) is 5.91 Å². The Morgan fingerprint density at radius 2 is 1.96 bits per heavy atom. The monoisotopic (exact) mass is 352 g/mol. The number of aromatic nitrogens is 1. The summed E-state index contributed by atoms with van der Waals surface area (Å²) in [4.78, 5) is 26.9.